The van der Waals surface area contributed by atoms with Crippen LogP contribution in [0.4, 0.5) is 8.78 Å². The van der Waals surface area contributed by atoms with Crippen LogP contribution >= 0.6 is 0 Å². The van der Waals surface area contributed by atoms with Gasteiger partial charge < -0.3 is 5.32 Å². The molecule has 0 unspecified atom stereocenters. The van der Waals surface area contributed by atoms with Crippen molar-refractivity contribution >= 4 is 0 Å². The van der Waals surface area contributed by atoms with Gasteiger partial charge in [-0.05, 0) is 25.1 Å². The van der Waals surface area contributed by atoms with Crippen LogP contribution in [0.1, 0.15) is 17.0 Å². The number of benzene rings is 1. The number of halogens is 2. The number of aromatic nitrogens is 2. The Bertz CT molecular complexity index is 641. The average molecular weight is 261 g/mol. The second-order valence-corrected chi connectivity index (χ2v) is 4.61. The molecule has 1 aromatic carbocycles. The Morgan fingerprint density at radius 2 is 2.00 bits per heavy atom. The van der Waals surface area contributed by atoms with E-state index in [1.165, 1.54) is 6.07 Å². The Morgan fingerprint density at radius 3 is 2.79 bits per heavy atom. The van der Waals surface area contributed by atoms with Gasteiger partial charge in [-0.15, -0.1) is 0 Å². The summed E-state index contributed by atoms with van der Waals surface area (Å²) in [5, 5.41) is 3.27. The zero-order valence-electron chi connectivity index (χ0n) is 10.5. The van der Waals surface area contributed by atoms with Crippen molar-refractivity contribution in [2.75, 3.05) is 6.54 Å². The van der Waals surface area contributed by atoms with Gasteiger partial charge in [-0.2, -0.15) is 0 Å². The van der Waals surface area contributed by atoms with Crippen LogP contribution in [-0.4, -0.2) is 16.5 Å². The van der Waals surface area contributed by atoms with Gasteiger partial charge in [-0.25, -0.2) is 18.7 Å². The highest BCUT2D eigenvalue weighted by Crippen LogP contribution is 2.22. The zero-order valence-corrected chi connectivity index (χ0v) is 10.5. The number of nitrogens with zero attached hydrogens (tertiary/aromatic N) is 2. The van der Waals surface area contributed by atoms with E-state index >= 15 is 0 Å². The van der Waals surface area contributed by atoms with Gasteiger partial charge in [0.05, 0.1) is 5.69 Å². The predicted molar refractivity (Wildman–Crippen MR) is 67.5 cm³/mol. The predicted octanol–water partition coefficient (Wildman–Crippen LogP) is 2.38. The van der Waals surface area contributed by atoms with Crippen LogP contribution in [0.15, 0.2) is 18.2 Å². The van der Waals surface area contributed by atoms with Gasteiger partial charge in [0.2, 0.25) is 0 Å². The maximum atomic E-state index is 13.3. The zero-order chi connectivity index (χ0) is 13.4. The van der Waals surface area contributed by atoms with Gasteiger partial charge >= 0.3 is 0 Å². The molecule has 0 amide bonds. The van der Waals surface area contributed by atoms with Gasteiger partial charge in [0.1, 0.15) is 0 Å². The minimum absolute atomic E-state index is 0.456. The van der Waals surface area contributed by atoms with E-state index in [0.717, 1.165) is 48.6 Å². The van der Waals surface area contributed by atoms with Crippen molar-refractivity contribution in [1.29, 1.82) is 0 Å². The van der Waals surface area contributed by atoms with Gasteiger partial charge in [-0.1, -0.05) is 0 Å². The number of rotatable bonds is 1. The fraction of sp³-hybridized carbons (Fsp3) is 0.286. The van der Waals surface area contributed by atoms with E-state index in [1.54, 1.807) is 0 Å². The minimum Gasteiger partial charge on any atom is -0.312 e. The Labute approximate surface area is 109 Å². The quantitative estimate of drug-likeness (QED) is 0.856. The van der Waals surface area contributed by atoms with Gasteiger partial charge in [0.15, 0.2) is 17.5 Å². The number of hydrogen-bond donors (Lipinski definition) is 1. The molecule has 1 aromatic heterocycles. The first kappa shape index (κ1) is 12.2. The van der Waals surface area contributed by atoms with E-state index in [2.05, 4.69) is 15.3 Å². The summed E-state index contributed by atoms with van der Waals surface area (Å²) in [5.74, 6) is -1.28. The van der Waals surface area contributed by atoms with Crippen molar-refractivity contribution in [2.24, 2.45) is 0 Å². The summed E-state index contributed by atoms with van der Waals surface area (Å²) in [6.07, 6.45) is 0.829. The van der Waals surface area contributed by atoms with E-state index < -0.39 is 11.6 Å². The van der Waals surface area contributed by atoms with Crippen LogP contribution in [0, 0.1) is 18.6 Å². The first-order valence-electron chi connectivity index (χ1n) is 6.17. The number of nitrogens with one attached hydrogen (secondary N) is 1. The smallest absolute Gasteiger partial charge is 0.159 e. The third-order valence-corrected chi connectivity index (χ3v) is 3.32. The molecule has 3 nitrogen and oxygen atoms in total. The average Bonchev–Trinajstić information content (AvgIpc) is 2.42. The number of aryl methyl sites for hydroxylation is 1. The van der Waals surface area contributed by atoms with Crippen LogP contribution < -0.4 is 5.32 Å². The second kappa shape index (κ2) is 4.66. The SMILES string of the molecule is Cc1nc(-c2ccc(F)c(F)c2)nc2c1CNCC2. The van der Waals surface area contributed by atoms with Crippen molar-refractivity contribution < 1.29 is 8.78 Å². The molecule has 1 N–H and O–H groups in total. The highest BCUT2D eigenvalue weighted by molar-refractivity contribution is 5.56. The van der Waals surface area contributed by atoms with Gasteiger partial charge in [0.25, 0.3) is 0 Å². The lowest BCUT2D eigenvalue weighted by atomic mass is 10.1. The molecule has 98 valence electrons. The van der Waals surface area contributed by atoms with Crippen LogP contribution in [0.25, 0.3) is 11.4 Å². The van der Waals surface area contributed by atoms with E-state index in [1.807, 2.05) is 6.92 Å². The van der Waals surface area contributed by atoms with Crippen molar-refractivity contribution in [3.05, 3.63) is 46.8 Å². The van der Waals surface area contributed by atoms with Crippen LogP contribution in [0.3, 0.4) is 0 Å². The van der Waals surface area contributed by atoms with Crippen LogP contribution in [0.5, 0.6) is 0 Å². The van der Waals surface area contributed by atoms with E-state index in [-0.39, 0.29) is 0 Å². The largest absolute Gasteiger partial charge is 0.312 e. The summed E-state index contributed by atoms with van der Waals surface area (Å²) in [4.78, 5) is 8.86. The van der Waals surface area contributed by atoms with Crippen molar-refractivity contribution in [1.82, 2.24) is 15.3 Å². The minimum atomic E-state index is -0.877. The molecular formula is C14H13F2N3. The summed E-state index contributed by atoms with van der Waals surface area (Å²) in [6.45, 7) is 3.55. The third kappa shape index (κ3) is 2.21. The summed E-state index contributed by atoms with van der Waals surface area (Å²) in [5.41, 5.74) is 3.49. The molecule has 1 aliphatic rings. The first-order chi connectivity index (χ1) is 9.15. The van der Waals surface area contributed by atoms with Crippen LogP contribution in [-0.2, 0) is 13.0 Å². The molecule has 3 rings (SSSR count). The molecular weight excluding hydrogens is 248 g/mol. The monoisotopic (exact) mass is 261 g/mol. The number of fused-ring (bicyclic) bond motifs is 1. The Balaban J connectivity index is 2.10. The lowest BCUT2D eigenvalue weighted by molar-refractivity contribution is 0.509. The fourth-order valence-corrected chi connectivity index (χ4v) is 2.28. The topological polar surface area (TPSA) is 37.8 Å². The molecule has 0 aliphatic carbocycles. The summed E-state index contributed by atoms with van der Waals surface area (Å²) in [7, 11) is 0. The molecule has 0 saturated carbocycles. The summed E-state index contributed by atoms with van der Waals surface area (Å²) in [6, 6.07) is 3.74. The number of hydrogen-bond acceptors (Lipinski definition) is 3. The molecule has 0 spiro atoms. The Morgan fingerprint density at radius 1 is 1.16 bits per heavy atom. The molecule has 0 atom stereocenters. The third-order valence-electron chi connectivity index (χ3n) is 3.32. The standard InChI is InChI=1S/C14H13F2N3/c1-8-10-7-17-5-4-13(10)19-14(18-8)9-2-3-11(15)12(16)6-9/h2-3,6,17H,4-5,7H2,1H3. The first-order valence-corrected chi connectivity index (χ1v) is 6.17. The van der Waals surface area contributed by atoms with Crippen molar-refractivity contribution in [3.8, 4) is 11.4 Å². The molecule has 19 heavy (non-hydrogen) atoms. The fourth-order valence-electron chi connectivity index (χ4n) is 2.28. The molecule has 0 fully saturated rings. The summed E-state index contributed by atoms with van der Waals surface area (Å²) >= 11 is 0. The van der Waals surface area contributed by atoms with E-state index in [4.69, 9.17) is 0 Å². The second-order valence-electron chi connectivity index (χ2n) is 4.61. The lowest BCUT2D eigenvalue weighted by Crippen LogP contribution is -2.26. The lowest BCUT2D eigenvalue weighted by Gasteiger charge is -2.18. The highest BCUT2D eigenvalue weighted by atomic mass is 19.2. The molecule has 2 aromatic rings. The van der Waals surface area contributed by atoms with Crippen molar-refractivity contribution in [2.45, 2.75) is 19.9 Å². The maximum absolute atomic E-state index is 13.3. The molecule has 0 saturated heterocycles. The van der Waals surface area contributed by atoms with Crippen LogP contribution in [0.2, 0.25) is 0 Å². The molecule has 0 bridgehead atoms. The maximum Gasteiger partial charge on any atom is 0.159 e. The van der Waals surface area contributed by atoms with Gasteiger partial charge in [-0.3, -0.25) is 0 Å². The molecule has 0 radical (unpaired) electrons. The van der Waals surface area contributed by atoms with Gasteiger partial charge in [0, 0.05) is 36.3 Å². The Hall–Kier alpha value is -1.88. The van der Waals surface area contributed by atoms with E-state index in [0.29, 0.717) is 11.4 Å². The highest BCUT2D eigenvalue weighted by Gasteiger charge is 2.16. The van der Waals surface area contributed by atoms with Crippen molar-refractivity contribution in [3.63, 3.8) is 0 Å². The van der Waals surface area contributed by atoms with E-state index in [9.17, 15) is 8.78 Å². The normalized spacial score (nSPS) is 14.3. The summed E-state index contributed by atoms with van der Waals surface area (Å²) < 4.78 is 26.2. The molecule has 2 heterocycles. The Kier molecular flexibility index (Phi) is 2.98. The molecule has 1 aliphatic heterocycles. The molecule has 5 heteroatoms.